The van der Waals surface area contributed by atoms with Crippen molar-refractivity contribution in [2.45, 2.75) is 54.8 Å². The van der Waals surface area contributed by atoms with Crippen molar-refractivity contribution in [3.8, 4) is 11.4 Å². The highest BCUT2D eigenvalue weighted by Crippen LogP contribution is 2.75. The first-order valence-corrected chi connectivity index (χ1v) is 15.4. The summed E-state index contributed by atoms with van der Waals surface area (Å²) in [6, 6.07) is 18.7. The van der Waals surface area contributed by atoms with E-state index in [4.69, 9.17) is 26.9 Å². The molecule has 1 aliphatic carbocycles. The molecule has 1 atom stereocenters. The van der Waals surface area contributed by atoms with E-state index in [9.17, 15) is 14.2 Å². The lowest BCUT2D eigenvalue weighted by Crippen LogP contribution is -2.47. The van der Waals surface area contributed by atoms with Crippen molar-refractivity contribution in [2.75, 3.05) is 36.6 Å². The van der Waals surface area contributed by atoms with Crippen molar-refractivity contribution in [1.29, 1.82) is 0 Å². The Bertz CT molecular complexity index is 1350. The third-order valence-electron chi connectivity index (χ3n) is 7.41. The second kappa shape index (κ2) is 11.2. The maximum atomic E-state index is 11.6. The lowest BCUT2D eigenvalue weighted by molar-refractivity contribution is 0.0985. The molecule has 0 amide bonds. The molecule has 214 valence electrons. The minimum Gasteiger partial charge on any atom is -0.394 e. The van der Waals surface area contributed by atoms with E-state index in [1.807, 2.05) is 62.4 Å². The number of nitrogens with zero attached hydrogens (tertiary/aromatic N) is 3. The van der Waals surface area contributed by atoms with Gasteiger partial charge in [0.2, 0.25) is 0 Å². The average molecular weight is 584 g/mol. The first kappa shape index (κ1) is 28.7. The summed E-state index contributed by atoms with van der Waals surface area (Å²) in [5.74, 6) is 1.28. The second-order valence-corrected chi connectivity index (χ2v) is 13.9. The van der Waals surface area contributed by atoms with Crippen LogP contribution in [0.15, 0.2) is 65.6 Å². The predicted molar refractivity (Wildman–Crippen MR) is 164 cm³/mol. The van der Waals surface area contributed by atoms with Crippen LogP contribution in [0.2, 0.25) is 0 Å². The quantitative estimate of drug-likeness (QED) is 0.225. The molecule has 9 nitrogen and oxygen atoms in total. The highest BCUT2D eigenvalue weighted by molar-refractivity contribution is 8.25. The zero-order chi connectivity index (χ0) is 28.5. The van der Waals surface area contributed by atoms with Gasteiger partial charge in [-0.3, -0.25) is 9.11 Å². The fraction of sp³-hybridized carbons (Fsp3) is 0.414. The van der Waals surface area contributed by atoms with Gasteiger partial charge >= 0.3 is 0 Å². The summed E-state index contributed by atoms with van der Waals surface area (Å²) < 4.78 is 27.9. The van der Waals surface area contributed by atoms with E-state index in [1.165, 1.54) is 0 Å². The summed E-state index contributed by atoms with van der Waals surface area (Å²) in [6.07, 6.45) is 1.27. The van der Waals surface area contributed by atoms with Crippen molar-refractivity contribution >= 4 is 39.4 Å². The molecule has 1 saturated heterocycles. The van der Waals surface area contributed by atoms with E-state index >= 15 is 0 Å². The van der Waals surface area contributed by atoms with Crippen molar-refractivity contribution in [3.05, 3.63) is 66.4 Å². The Hall–Kier alpha value is -2.80. The fourth-order valence-electron chi connectivity index (χ4n) is 4.86. The minimum absolute atomic E-state index is 0.0536. The fourth-order valence-corrected chi connectivity index (χ4v) is 7.31. The Kier molecular flexibility index (Phi) is 8.06. The van der Waals surface area contributed by atoms with Gasteiger partial charge in [0.25, 0.3) is 0 Å². The van der Waals surface area contributed by atoms with E-state index in [-0.39, 0.29) is 12.6 Å². The van der Waals surface area contributed by atoms with Crippen LogP contribution in [0.3, 0.4) is 0 Å². The maximum absolute atomic E-state index is 11.6. The van der Waals surface area contributed by atoms with Gasteiger partial charge in [-0.25, -0.2) is 9.97 Å². The average Bonchev–Trinajstić information content (AvgIpc) is 3.77. The number of ether oxygens (including phenoxy) is 1. The number of anilines is 2. The second-order valence-electron chi connectivity index (χ2n) is 11.1. The van der Waals surface area contributed by atoms with Gasteiger partial charge in [-0.1, -0.05) is 18.2 Å². The van der Waals surface area contributed by atoms with E-state index in [2.05, 4.69) is 22.5 Å². The van der Waals surface area contributed by atoms with E-state index in [1.54, 1.807) is 12.1 Å². The number of rotatable bonds is 8. The molecule has 3 aromatic rings. The zero-order valence-corrected chi connectivity index (χ0v) is 24.6. The largest absolute Gasteiger partial charge is 0.394 e. The summed E-state index contributed by atoms with van der Waals surface area (Å²) in [4.78, 5) is 12.6. The minimum atomic E-state index is -3.16. The number of morpholine rings is 1. The molecule has 0 unspecified atom stereocenters. The molecule has 40 heavy (non-hydrogen) atoms. The lowest BCUT2D eigenvalue weighted by atomic mass is 10.1. The Morgan fingerprint density at radius 1 is 1.12 bits per heavy atom. The van der Waals surface area contributed by atoms with Crippen LogP contribution in [0.1, 0.15) is 39.3 Å². The Morgan fingerprint density at radius 3 is 2.45 bits per heavy atom. The summed E-state index contributed by atoms with van der Waals surface area (Å²) in [7, 11) is -3.16. The van der Waals surface area contributed by atoms with Crippen molar-refractivity contribution in [3.63, 3.8) is 0 Å². The molecular formula is C29H37N5O4S2. The van der Waals surface area contributed by atoms with Gasteiger partial charge in [0.1, 0.15) is 10.6 Å². The maximum Gasteiger partial charge on any atom is 0.171 e. The number of aliphatic hydroxyl groups is 1. The van der Waals surface area contributed by atoms with Crippen molar-refractivity contribution in [2.24, 2.45) is 0 Å². The van der Waals surface area contributed by atoms with Crippen LogP contribution in [0, 0.1) is 0 Å². The third kappa shape index (κ3) is 5.81. The molecule has 0 spiro atoms. The van der Waals surface area contributed by atoms with Crippen LogP contribution >= 0.6 is 22.8 Å². The molecule has 0 bridgehead atoms. The summed E-state index contributed by atoms with van der Waals surface area (Å²) in [5, 5.41) is 16.2. The van der Waals surface area contributed by atoms with Gasteiger partial charge < -0.3 is 25.4 Å². The number of nitrogens with one attached hydrogen (secondary N) is 2. The molecule has 5 N–H and O–H groups in total. The van der Waals surface area contributed by atoms with Crippen LogP contribution in [0.5, 0.6) is 0 Å². The molecule has 0 radical (unpaired) electrons. The summed E-state index contributed by atoms with van der Waals surface area (Å²) in [6.45, 7) is 7.66. The topological polar surface area (TPSA) is 123 Å². The molecule has 11 heteroatoms. The Morgan fingerprint density at radius 2 is 1.82 bits per heavy atom. The number of benzene rings is 2. The molecule has 2 fully saturated rings. The van der Waals surface area contributed by atoms with E-state index < -0.39 is 20.9 Å². The highest BCUT2D eigenvalue weighted by Gasteiger charge is 2.57. The highest BCUT2D eigenvalue weighted by atomic mass is 32.3. The predicted octanol–water partition coefficient (Wildman–Crippen LogP) is 5.22. The van der Waals surface area contributed by atoms with Gasteiger partial charge in [-0.15, -0.1) is 0 Å². The molecular weight excluding hydrogens is 546 g/mol. The van der Waals surface area contributed by atoms with Crippen LogP contribution in [-0.4, -0.2) is 67.2 Å². The Labute approximate surface area is 242 Å². The molecule has 1 aliphatic heterocycles. The summed E-state index contributed by atoms with van der Waals surface area (Å²) >= 11 is 5.40. The van der Waals surface area contributed by atoms with Gasteiger partial charge in [0.05, 0.1) is 42.0 Å². The number of hydrogen-bond donors (Lipinski definition) is 5. The molecule has 2 aliphatic rings. The molecule has 5 rings (SSSR count). The molecule has 2 heterocycles. The number of thiocarbonyl (C=S) groups is 1. The van der Waals surface area contributed by atoms with Gasteiger partial charge in [0, 0.05) is 23.9 Å². The first-order chi connectivity index (χ1) is 19.0. The van der Waals surface area contributed by atoms with Crippen LogP contribution in [-0.2, 0) is 9.48 Å². The standard InChI is InChI=1S/C29H37N5O4S2/c1-20-18-38-16-15-34(20)25-17-24(29(13-14-29)40(36,37)23-7-5-4-6-8-23)31-26(32-25)21-9-11-22(12-10-21)30-27(39)33-28(2,3)19-35/h4-12,17,20,35-37H,13-16,18-19H2,1-3H3,(H2,30,33,39)/t20-/m0/s1. The van der Waals surface area contributed by atoms with Crippen molar-refractivity contribution < 1.29 is 18.9 Å². The smallest absolute Gasteiger partial charge is 0.171 e. The SMILES string of the molecule is C[C@H]1COCCN1c1cc(C2(S(O)(O)c3ccccc3)CC2)nc(-c2ccc(NC(=S)NC(C)(C)CO)cc2)n1. The van der Waals surface area contributed by atoms with Crippen molar-refractivity contribution in [1.82, 2.24) is 15.3 Å². The zero-order valence-electron chi connectivity index (χ0n) is 23.0. The van der Waals surface area contributed by atoms with E-state index in [0.29, 0.717) is 54.1 Å². The van der Waals surface area contributed by atoms with Gasteiger partial charge in [-0.05, 0) is 82.2 Å². The summed E-state index contributed by atoms with van der Waals surface area (Å²) in [5.41, 5.74) is 1.69. The molecule has 1 saturated carbocycles. The van der Waals surface area contributed by atoms with Gasteiger partial charge in [0.15, 0.2) is 10.9 Å². The van der Waals surface area contributed by atoms with Crippen LogP contribution in [0.25, 0.3) is 11.4 Å². The molecule has 2 aromatic carbocycles. The normalized spacial score (nSPS) is 19.1. The number of aliphatic hydroxyl groups excluding tert-OH is 1. The lowest BCUT2D eigenvalue weighted by Gasteiger charge is -2.41. The first-order valence-electron chi connectivity index (χ1n) is 13.4. The van der Waals surface area contributed by atoms with E-state index in [0.717, 1.165) is 17.1 Å². The third-order valence-corrected chi connectivity index (χ3v) is 10.3. The van der Waals surface area contributed by atoms with Crippen LogP contribution in [0.4, 0.5) is 11.5 Å². The number of aromatic nitrogens is 2. The molecule has 1 aromatic heterocycles. The Balaban J connectivity index is 1.49. The van der Waals surface area contributed by atoms with Crippen LogP contribution < -0.4 is 15.5 Å². The van der Waals surface area contributed by atoms with Gasteiger partial charge in [-0.2, -0.15) is 10.6 Å². The number of hydrogen-bond acceptors (Lipinski definition) is 8. The monoisotopic (exact) mass is 583 g/mol.